The Morgan fingerprint density at radius 3 is 2.30 bits per heavy atom. The lowest BCUT2D eigenvalue weighted by molar-refractivity contribution is -0.134. The number of para-hydroxylation sites is 1. The minimum atomic E-state index is -2.44. The smallest absolute Gasteiger partial charge is 0.251 e. The Balaban J connectivity index is 0.883. The van der Waals surface area contributed by atoms with Crippen molar-refractivity contribution in [3.8, 4) is 5.75 Å². The maximum absolute atomic E-state index is 14.0. The average Bonchev–Trinajstić information content (AvgIpc) is 3.53. The fourth-order valence-corrected chi connectivity index (χ4v) is 9.27. The van der Waals surface area contributed by atoms with E-state index in [2.05, 4.69) is 74.4 Å². The van der Waals surface area contributed by atoms with Gasteiger partial charge >= 0.3 is 0 Å². The molecule has 0 bridgehead atoms. The van der Waals surface area contributed by atoms with Crippen LogP contribution in [-0.4, -0.2) is 98.5 Å². The van der Waals surface area contributed by atoms with Crippen LogP contribution in [-0.2, 0) is 16.0 Å². The molecule has 2 amide bonds. The highest BCUT2D eigenvalue weighted by molar-refractivity contribution is 6.01. The number of alkyl halides is 2. The highest BCUT2D eigenvalue weighted by Gasteiger charge is 2.38. The van der Waals surface area contributed by atoms with Crippen LogP contribution in [0.1, 0.15) is 67.0 Å². The number of carbonyl (C=O) groups is 2. The number of anilines is 2. The average molecular weight is 725 g/mol. The van der Waals surface area contributed by atoms with Gasteiger partial charge in [0, 0.05) is 97.9 Å². The number of H-pyrrole nitrogens is 1. The van der Waals surface area contributed by atoms with E-state index in [9.17, 15) is 18.4 Å². The number of amides is 2. The summed E-state index contributed by atoms with van der Waals surface area (Å²) in [6.45, 7) is 8.78. The lowest BCUT2D eigenvalue weighted by Gasteiger charge is -2.41. The molecule has 5 heterocycles. The van der Waals surface area contributed by atoms with Crippen LogP contribution in [0, 0.1) is 5.92 Å². The molecule has 3 saturated heterocycles. The summed E-state index contributed by atoms with van der Waals surface area (Å²) in [5.74, 6) is 0.741. The summed E-state index contributed by atoms with van der Waals surface area (Å²) in [6, 6.07) is 22.5. The van der Waals surface area contributed by atoms with E-state index in [4.69, 9.17) is 4.74 Å². The Bertz CT molecular complexity index is 1930. The number of nitrogens with one attached hydrogen (secondary N) is 2. The summed E-state index contributed by atoms with van der Waals surface area (Å²) >= 11 is 0. The number of halogens is 2. The molecular weight excluding hydrogens is 674 g/mol. The summed E-state index contributed by atoms with van der Waals surface area (Å²) in [4.78, 5) is 36.8. The van der Waals surface area contributed by atoms with Gasteiger partial charge in [0.1, 0.15) is 5.75 Å². The van der Waals surface area contributed by atoms with Crippen molar-refractivity contribution in [2.45, 2.75) is 63.5 Å². The van der Waals surface area contributed by atoms with Crippen molar-refractivity contribution >= 4 is 34.1 Å². The van der Waals surface area contributed by atoms with Gasteiger partial charge in [-0.3, -0.25) is 24.7 Å². The molecule has 3 aromatic carbocycles. The molecule has 53 heavy (non-hydrogen) atoms. The van der Waals surface area contributed by atoms with Crippen molar-refractivity contribution in [1.29, 1.82) is 0 Å². The van der Waals surface area contributed by atoms with E-state index < -0.39 is 6.43 Å². The van der Waals surface area contributed by atoms with E-state index in [1.54, 1.807) is 7.11 Å². The van der Waals surface area contributed by atoms with Crippen LogP contribution in [0.2, 0.25) is 0 Å². The third kappa shape index (κ3) is 7.25. The van der Waals surface area contributed by atoms with E-state index >= 15 is 0 Å². The molecule has 280 valence electrons. The van der Waals surface area contributed by atoms with Crippen molar-refractivity contribution in [2.75, 3.05) is 69.3 Å². The fourth-order valence-electron chi connectivity index (χ4n) is 9.27. The number of fused-ring (bicyclic) bond motifs is 3. The van der Waals surface area contributed by atoms with Crippen LogP contribution < -0.4 is 19.9 Å². The zero-order chi connectivity index (χ0) is 36.6. The normalized spacial score (nSPS) is 23.5. The highest BCUT2D eigenvalue weighted by atomic mass is 19.3. The Hall–Kier alpha value is -4.48. The van der Waals surface area contributed by atoms with E-state index in [0.29, 0.717) is 18.8 Å². The van der Waals surface area contributed by atoms with E-state index in [0.717, 1.165) is 104 Å². The molecule has 2 N–H and O–H groups in total. The molecule has 4 aliphatic heterocycles. The van der Waals surface area contributed by atoms with Gasteiger partial charge in [-0.1, -0.05) is 36.4 Å². The topological polar surface area (TPSA) is 84.1 Å². The monoisotopic (exact) mass is 724 g/mol. The van der Waals surface area contributed by atoms with Gasteiger partial charge in [-0.05, 0) is 73.9 Å². The quantitative estimate of drug-likeness (QED) is 0.195. The van der Waals surface area contributed by atoms with Crippen molar-refractivity contribution in [2.24, 2.45) is 5.92 Å². The molecule has 4 aromatic rings. The number of benzene rings is 3. The molecular formula is C42H50F2N6O3. The third-order valence-corrected chi connectivity index (χ3v) is 12.1. The maximum atomic E-state index is 14.0. The molecule has 0 spiro atoms. The second-order valence-corrected chi connectivity index (χ2v) is 15.3. The van der Waals surface area contributed by atoms with Gasteiger partial charge in [-0.2, -0.15) is 0 Å². The molecule has 0 saturated carbocycles. The van der Waals surface area contributed by atoms with Crippen LogP contribution in [0.25, 0.3) is 10.9 Å². The number of imide groups is 1. The predicted octanol–water partition coefficient (Wildman–Crippen LogP) is 6.34. The highest BCUT2D eigenvalue weighted by Crippen LogP contribution is 2.45. The molecule has 8 rings (SSSR count). The van der Waals surface area contributed by atoms with Crippen molar-refractivity contribution in [3.63, 3.8) is 0 Å². The van der Waals surface area contributed by atoms with Crippen LogP contribution >= 0.6 is 0 Å². The summed E-state index contributed by atoms with van der Waals surface area (Å²) in [6.07, 6.45) is 1.47. The number of nitrogens with zero attached hydrogens (tertiary/aromatic N) is 4. The van der Waals surface area contributed by atoms with Gasteiger partial charge in [0.15, 0.2) is 0 Å². The van der Waals surface area contributed by atoms with Gasteiger partial charge < -0.3 is 19.5 Å². The number of aromatic amines is 1. The third-order valence-electron chi connectivity index (χ3n) is 12.1. The van der Waals surface area contributed by atoms with Gasteiger partial charge in [-0.15, -0.1) is 0 Å². The van der Waals surface area contributed by atoms with Crippen LogP contribution in [0.15, 0.2) is 66.7 Å². The first-order valence-electron chi connectivity index (χ1n) is 19.2. The molecule has 11 heteroatoms. The second kappa shape index (κ2) is 15.1. The van der Waals surface area contributed by atoms with Gasteiger partial charge in [0.2, 0.25) is 11.8 Å². The predicted molar refractivity (Wildman–Crippen MR) is 204 cm³/mol. The number of hydrogen-bond donors (Lipinski definition) is 2. The molecule has 3 fully saturated rings. The molecule has 1 aromatic heterocycles. The number of methoxy groups -OCH3 is 1. The number of rotatable bonds is 9. The minimum Gasteiger partial charge on any atom is -0.496 e. The largest absolute Gasteiger partial charge is 0.496 e. The molecule has 1 unspecified atom stereocenters. The van der Waals surface area contributed by atoms with Crippen molar-refractivity contribution in [3.05, 3.63) is 89.1 Å². The van der Waals surface area contributed by atoms with Crippen LogP contribution in [0.5, 0.6) is 5.75 Å². The Labute approximate surface area is 310 Å². The summed E-state index contributed by atoms with van der Waals surface area (Å²) in [7, 11) is 1.68. The van der Waals surface area contributed by atoms with E-state index in [1.165, 1.54) is 11.3 Å². The molecule has 4 aliphatic rings. The zero-order valence-corrected chi connectivity index (χ0v) is 30.7. The Morgan fingerprint density at radius 1 is 0.868 bits per heavy atom. The maximum Gasteiger partial charge on any atom is 0.251 e. The molecule has 9 nitrogen and oxygen atoms in total. The van der Waals surface area contributed by atoms with E-state index in [1.807, 2.05) is 29.2 Å². The van der Waals surface area contributed by atoms with Crippen molar-refractivity contribution in [1.82, 2.24) is 20.1 Å². The first-order chi connectivity index (χ1) is 25.7. The first-order valence-corrected chi connectivity index (χ1v) is 19.2. The standard InChI is InChI=1S/C42H50F2N6O3/c1-27-23-35-33-5-3-4-6-36(33)45-40(35)41(50(27)26-38(43)44)34-12-11-31(24-37(34)53-2)48-17-15-28(16-18-48)25-47-19-21-49(22-20-47)30-9-7-29(8-10-30)32-13-14-39(51)46-42(32)52/h3-12,24,27-28,32,38,41,45H,13-23,25-26H2,1-2H3,(H,46,51,52)/t27-,32?,41-/m1/s1. The van der Waals surface area contributed by atoms with Crippen molar-refractivity contribution < 1.29 is 23.1 Å². The summed E-state index contributed by atoms with van der Waals surface area (Å²) < 4.78 is 34.0. The number of piperidine rings is 2. The lowest BCUT2D eigenvalue weighted by Crippen LogP contribution is -2.49. The number of piperazine rings is 1. The van der Waals surface area contributed by atoms with Gasteiger partial charge in [0.25, 0.3) is 6.43 Å². The molecule has 3 atom stereocenters. The molecule has 0 aliphatic carbocycles. The van der Waals surface area contributed by atoms with Gasteiger partial charge in [0.05, 0.1) is 25.6 Å². The Kier molecular flexibility index (Phi) is 10.1. The van der Waals surface area contributed by atoms with Gasteiger partial charge in [-0.25, -0.2) is 8.78 Å². The second-order valence-electron chi connectivity index (χ2n) is 15.3. The van der Waals surface area contributed by atoms with E-state index in [-0.39, 0.29) is 36.4 Å². The lowest BCUT2D eigenvalue weighted by atomic mass is 9.88. The number of hydrogen-bond acceptors (Lipinski definition) is 7. The SMILES string of the molecule is COc1cc(N2CCC(CN3CCN(c4ccc(C5CCC(=O)NC5=O)cc4)CC3)CC2)ccc1[C@@H]1c2[nH]c3ccccc3c2C[C@@H](C)N1CC(F)F. The number of carbonyl (C=O) groups excluding carboxylic acids is 2. The summed E-state index contributed by atoms with van der Waals surface area (Å²) in [5, 5.41) is 3.62. The summed E-state index contributed by atoms with van der Waals surface area (Å²) in [5.41, 5.74) is 7.40. The number of ether oxygens (including phenoxy) is 1. The number of aromatic nitrogens is 1. The zero-order valence-electron chi connectivity index (χ0n) is 30.7. The minimum absolute atomic E-state index is 0.0505. The van der Waals surface area contributed by atoms with Crippen LogP contribution in [0.3, 0.4) is 0 Å². The Morgan fingerprint density at radius 2 is 1.58 bits per heavy atom. The molecule has 0 radical (unpaired) electrons. The fraction of sp³-hybridized carbons (Fsp3) is 0.476. The first kappa shape index (κ1) is 35.5. The van der Waals surface area contributed by atoms with Crippen LogP contribution in [0.4, 0.5) is 20.2 Å².